The van der Waals surface area contributed by atoms with Crippen LogP contribution >= 0.6 is 0 Å². The molecule has 1 fully saturated rings. The number of hydrogen-bond acceptors (Lipinski definition) is 2. The van der Waals surface area contributed by atoms with Crippen LogP contribution in [0.5, 0.6) is 0 Å². The van der Waals surface area contributed by atoms with Gasteiger partial charge in [-0.25, -0.2) is 0 Å². The van der Waals surface area contributed by atoms with Crippen molar-refractivity contribution in [3.63, 3.8) is 0 Å². The van der Waals surface area contributed by atoms with E-state index < -0.39 is 0 Å². The first-order chi connectivity index (χ1) is 8.06. The van der Waals surface area contributed by atoms with E-state index in [1.54, 1.807) is 0 Å². The van der Waals surface area contributed by atoms with E-state index in [9.17, 15) is 0 Å². The molecule has 17 heavy (non-hydrogen) atoms. The Bertz CT molecular complexity index is 151. The summed E-state index contributed by atoms with van der Waals surface area (Å²) in [4.78, 5) is 2.49. The topological polar surface area (TPSA) is 12.5 Å². The van der Waals surface area contributed by atoms with Crippen LogP contribution < -0.4 is 0 Å². The summed E-state index contributed by atoms with van der Waals surface area (Å²) in [6, 6.07) is 0. The Labute approximate surface area is 109 Å². The van der Waals surface area contributed by atoms with E-state index in [0.29, 0.717) is 0 Å². The zero-order valence-electron chi connectivity index (χ0n) is 12.7. The highest BCUT2D eigenvalue weighted by molar-refractivity contribution is 4.62. The summed E-state index contributed by atoms with van der Waals surface area (Å²) in [6.07, 6.45) is 4.03. The van der Waals surface area contributed by atoms with Crippen LogP contribution in [-0.4, -0.2) is 37.7 Å². The molecule has 0 aromatic rings. The van der Waals surface area contributed by atoms with Crippen LogP contribution in [0.15, 0.2) is 0 Å². The largest absolute Gasteiger partial charge is 0.379 e. The second-order valence-corrected chi connectivity index (χ2v) is 5.82. The molecule has 0 radical (unpaired) electrons. The third-order valence-corrected chi connectivity index (χ3v) is 2.99. The van der Waals surface area contributed by atoms with Crippen molar-refractivity contribution in [3.05, 3.63) is 0 Å². The van der Waals surface area contributed by atoms with Crippen LogP contribution in [0.25, 0.3) is 0 Å². The molecule has 0 saturated carbocycles. The summed E-state index contributed by atoms with van der Waals surface area (Å²) < 4.78 is 5.26. The first-order valence-corrected chi connectivity index (χ1v) is 7.36. The fraction of sp³-hybridized carbons (Fsp3) is 1.00. The molecule has 0 aromatic carbocycles. The second kappa shape index (κ2) is 11.0. The van der Waals surface area contributed by atoms with Gasteiger partial charge in [-0.2, -0.15) is 0 Å². The highest BCUT2D eigenvalue weighted by atomic mass is 16.5. The van der Waals surface area contributed by atoms with Gasteiger partial charge in [-0.3, -0.25) is 4.90 Å². The third kappa shape index (κ3) is 12.2. The van der Waals surface area contributed by atoms with E-state index in [4.69, 9.17) is 4.74 Å². The van der Waals surface area contributed by atoms with Gasteiger partial charge < -0.3 is 4.74 Å². The van der Waals surface area contributed by atoms with Crippen molar-refractivity contribution in [2.45, 2.75) is 53.9 Å². The first-order valence-electron chi connectivity index (χ1n) is 7.36. The van der Waals surface area contributed by atoms with E-state index >= 15 is 0 Å². The second-order valence-electron chi connectivity index (χ2n) is 5.82. The molecule has 0 atom stereocenters. The van der Waals surface area contributed by atoms with Gasteiger partial charge in [-0.1, -0.05) is 47.5 Å². The van der Waals surface area contributed by atoms with Gasteiger partial charge in [0.05, 0.1) is 13.2 Å². The molecule has 1 rings (SSSR count). The van der Waals surface area contributed by atoms with Crippen molar-refractivity contribution in [3.8, 4) is 0 Å². The quantitative estimate of drug-likeness (QED) is 0.728. The molecule has 1 heterocycles. The Balaban J connectivity index is 0.000000366. The van der Waals surface area contributed by atoms with E-state index in [2.05, 4.69) is 39.5 Å². The van der Waals surface area contributed by atoms with E-state index in [0.717, 1.165) is 38.1 Å². The predicted octanol–water partition coefficient (Wildman–Crippen LogP) is 3.81. The number of hydrogen-bond donors (Lipinski definition) is 0. The molecular formula is C15H33NO. The van der Waals surface area contributed by atoms with Gasteiger partial charge in [0.2, 0.25) is 0 Å². The van der Waals surface area contributed by atoms with Gasteiger partial charge in [0, 0.05) is 13.1 Å². The summed E-state index contributed by atoms with van der Waals surface area (Å²) in [7, 11) is 0. The van der Waals surface area contributed by atoms with Crippen molar-refractivity contribution < 1.29 is 4.74 Å². The maximum absolute atomic E-state index is 5.26. The molecule has 0 amide bonds. The Kier molecular flexibility index (Phi) is 11.0. The van der Waals surface area contributed by atoms with E-state index in [-0.39, 0.29) is 0 Å². The number of rotatable bonds is 5. The lowest BCUT2D eigenvalue weighted by Crippen LogP contribution is -2.37. The molecule has 0 aliphatic carbocycles. The third-order valence-electron chi connectivity index (χ3n) is 2.99. The minimum atomic E-state index is 0.831. The molecule has 0 N–H and O–H groups in total. The molecule has 104 valence electrons. The summed E-state index contributed by atoms with van der Waals surface area (Å²) in [6.45, 7) is 16.7. The smallest absolute Gasteiger partial charge is 0.0594 e. The summed E-state index contributed by atoms with van der Waals surface area (Å²) in [5.41, 5.74) is 0. The summed E-state index contributed by atoms with van der Waals surface area (Å²) >= 11 is 0. The Morgan fingerprint density at radius 1 is 0.941 bits per heavy atom. The van der Waals surface area contributed by atoms with Gasteiger partial charge in [0.25, 0.3) is 0 Å². The Hall–Kier alpha value is -0.0800. The lowest BCUT2D eigenvalue weighted by atomic mass is 10.1. The van der Waals surface area contributed by atoms with Gasteiger partial charge >= 0.3 is 0 Å². The van der Waals surface area contributed by atoms with Crippen LogP contribution in [0, 0.1) is 11.8 Å². The van der Waals surface area contributed by atoms with Crippen LogP contribution in [0.2, 0.25) is 0 Å². The zero-order valence-corrected chi connectivity index (χ0v) is 12.7. The van der Waals surface area contributed by atoms with Crippen LogP contribution in [0.1, 0.15) is 53.9 Å². The molecule has 0 unspecified atom stereocenters. The van der Waals surface area contributed by atoms with Crippen molar-refractivity contribution in [1.82, 2.24) is 4.90 Å². The number of ether oxygens (including phenoxy) is 1. The lowest BCUT2D eigenvalue weighted by molar-refractivity contribution is 0.0360. The monoisotopic (exact) mass is 243 g/mol. The standard InChI is InChI=1S/C9H19NO.C6H14/c1-9(2)3-4-10-5-7-11-8-6-10;1-4-5-6(2)3/h9H,3-8H2,1-2H3;6H,4-5H2,1-3H3. The lowest BCUT2D eigenvalue weighted by Gasteiger charge is -2.26. The molecule has 1 saturated heterocycles. The zero-order chi connectivity index (χ0) is 13.1. The first kappa shape index (κ1) is 16.9. The fourth-order valence-electron chi connectivity index (χ4n) is 1.84. The van der Waals surface area contributed by atoms with Crippen molar-refractivity contribution in [2.75, 3.05) is 32.8 Å². The Morgan fingerprint density at radius 2 is 1.47 bits per heavy atom. The average Bonchev–Trinajstić information content (AvgIpc) is 2.28. The van der Waals surface area contributed by atoms with Gasteiger partial charge in [-0.05, 0) is 24.8 Å². The molecule has 0 aromatic heterocycles. The molecule has 2 heteroatoms. The highest BCUT2D eigenvalue weighted by Crippen LogP contribution is 2.03. The average molecular weight is 243 g/mol. The van der Waals surface area contributed by atoms with Gasteiger partial charge in [0.15, 0.2) is 0 Å². The van der Waals surface area contributed by atoms with Gasteiger partial charge in [0.1, 0.15) is 0 Å². The Morgan fingerprint density at radius 3 is 1.82 bits per heavy atom. The van der Waals surface area contributed by atoms with Crippen molar-refractivity contribution in [2.24, 2.45) is 11.8 Å². The summed E-state index contributed by atoms with van der Waals surface area (Å²) in [5.74, 6) is 1.73. The van der Waals surface area contributed by atoms with E-state index in [1.807, 2.05) is 0 Å². The maximum Gasteiger partial charge on any atom is 0.0594 e. The summed E-state index contributed by atoms with van der Waals surface area (Å²) in [5, 5.41) is 0. The van der Waals surface area contributed by atoms with Gasteiger partial charge in [-0.15, -0.1) is 0 Å². The van der Waals surface area contributed by atoms with Crippen molar-refractivity contribution in [1.29, 1.82) is 0 Å². The highest BCUT2D eigenvalue weighted by Gasteiger charge is 2.09. The molecular weight excluding hydrogens is 210 g/mol. The van der Waals surface area contributed by atoms with E-state index in [1.165, 1.54) is 25.8 Å². The number of nitrogens with zero attached hydrogens (tertiary/aromatic N) is 1. The normalized spacial score (nSPS) is 17.1. The SMILES string of the molecule is CC(C)CCN1CCOCC1.CCCC(C)C. The fourth-order valence-corrected chi connectivity index (χ4v) is 1.84. The van der Waals surface area contributed by atoms with Crippen LogP contribution in [0.3, 0.4) is 0 Å². The minimum absolute atomic E-state index is 0.831. The molecule has 1 aliphatic heterocycles. The number of morpholine rings is 1. The predicted molar refractivity (Wildman–Crippen MR) is 76.5 cm³/mol. The van der Waals surface area contributed by atoms with Crippen LogP contribution in [-0.2, 0) is 4.74 Å². The molecule has 0 bridgehead atoms. The molecule has 0 spiro atoms. The maximum atomic E-state index is 5.26. The molecule has 2 nitrogen and oxygen atoms in total. The molecule has 1 aliphatic rings. The van der Waals surface area contributed by atoms with Crippen molar-refractivity contribution >= 4 is 0 Å². The minimum Gasteiger partial charge on any atom is -0.379 e. The van der Waals surface area contributed by atoms with Crippen LogP contribution in [0.4, 0.5) is 0 Å².